The number of hydrogen-bond acceptors (Lipinski definition) is 2. The minimum Gasteiger partial charge on any atom is -0.351 e. The Balaban J connectivity index is 0.00000361. The molecule has 0 saturated carbocycles. The molecule has 0 aliphatic rings. The first kappa shape index (κ1) is 18.9. The molecule has 3 nitrogen and oxygen atoms in total. The molecular formula is C16H27ClN2O. The highest BCUT2D eigenvalue weighted by atomic mass is 35.5. The summed E-state index contributed by atoms with van der Waals surface area (Å²) in [7, 11) is 1.90. The Kier molecular flexibility index (Phi) is 8.51. The Hall–Kier alpha value is -1.06. The van der Waals surface area contributed by atoms with E-state index in [0.29, 0.717) is 6.42 Å². The predicted molar refractivity (Wildman–Crippen MR) is 87.5 cm³/mol. The van der Waals surface area contributed by atoms with Crippen LogP contribution < -0.4 is 10.6 Å². The first-order valence-electron chi connectivity index (χ1n) is 6.95. The van der Waals surface area contributed by atoms with Gasteiger partial charge in [0.1, 0.15) is 0 Å². The third-order valence-electron chi connectivity index (χ3n) is 3.20. The van der Waals surface area contributed by atoms with Crippen molar-refractivity contribution >= 4 is 18.3 Å². The van der Waals surface area contributed by atoms with Crippen molar-refractivity contribution < 1.29 is 4.79 Å². The number of halogens is 1. The molecule has 0 aliphatic heterocycles. The van der Waals surface area contributed by atoms with Crippen LogP contribution in [0.3, 0.4) is 0 Å². The number of nitrogens with one attached hydrogen (secondary N) is 2. The summed E-state index contributed by atoms with van der Waals surface area (Å²) in [4.78, 5) is 11.9. The standard InChI is InChI=1S/C16H26N2O.ClH/c1-13-8-5-6-9-14(13)12-16(2,3)18-15(19)10-7-11-17-4;/h5-6,8-9,17H,7,10-12H2,1-4H3,(H,18,19);1H. The van der Waals surface area contributed by atoms with Crippen molar-refractivity contribution in [3.05, 3.63) is 35.4 Å². The Bertz CT molecular complexity index is 419. The molecule has 0 fully saturated rings. The maximum absolute atomic E-state index is 11.9. The van der Waals surface area contributed by atoms with Gasteiger partial charge in [-0.3, -0.25) is 4.79 Å². The van der Waals surface area contributed by atoms with E-state index in [1.165, 1.54) is 11.1 Å². The fourth-order valence-electron chi connectivity index (χ4n) is 2.19. The minimum atomic E-state index is -0.206. The molecule has 0 bridgehead atoms. The van der Waals surface area contributed by atoms with Gasteiger partial charge in [-0.1, -0.05) is 24.3 Å². The highest BCUT2D eigenvalue weighted by Gasteiger charge is 2.21. The summed E-state index contributed by atoms with van der Waals surface area (Å²) < 4.78 is 0. The van der Waals surface area contributed by atoms with Crippen LogP contribution in [0.2, 0.25) is 0 Å². The van der Waals surface area contributed by atoms with Crippen molar-refractivity contribution in [1.82, 2.24) is 10.6 Å². The number of amides is 1. The summed E-state index contributed by atoms with van der Waals surface area (Å²) in [6.45, 7) is 7.15. The number of carbonyl (C=O) groups is 1. The molecule has 0 atom stereocenters. The van der Waals surface area contributed by atoms with Crippen LogP contribution in [0.4, 0.5) is 0 Å². The van der Waals surface area contributed by atoms with Crippen molar-refractivity contribution in [2.45, 2.75) is 45.6 Å². The zero-order valence-corrected chi connectivity index (χ0v) is 13.8. The van der Waals surface area contributed by atoms with E-state index in [9.17, 15) is 4.79 Å². The molecule has 114 valence electrons. The van der Waals surface area contributed by atoms with Crippen LogP contribution in [-0.2, 0) is 11.2 Å². The van der Waals surface area contributed by atoms with E-state index in [1.807, 2.05) is 19.2 Å². The summed E-state index contributed by atoms with van der Waals surface area (Å²) in [5, 5.41) is 6.18. The van der Waals surface area contributed by atoms with E-state index in [0.717, 1.165) is 19.4 Å². The van der Waals surface area contributed by atoms with E-state index in [2.05, 4.69) is 43.5 Å². The summed E-state index contributed by atoms with van der Waals surface area (Å²) in [5.74, 6) is 0.133. The maximum Gasteiger partial charge on any atom is 0.220 e. The van der Waals surface area contributed by atoms with Gasteiger partial charge in [0.15, 0.2) is 0 Å². The van der Waals surface area contributed by atoms with Crippen molar-refractivity contribution in [1.29, 1.82) is 0 Å². The lowest BCUT2D eigenvalue weighted by molar-refractivity contribution is -0.122. The molecule has 1 amide bonds. The Labute approximate surface area is 128 Å². The van der Waals surface area contributed by atoms with Gasteiger partial charge in [-0.15, -0.1) is 12.4 Å². The van der Waals surface area contributed by atoms with Gasteiger partial charge in [0.25, 0.3) is 0 Å². The Morgan fingerprint density at radius 2 is 1.90 bits per heavy atom. The molecule has 1 aromatic carbocycles. The lowest BCUT2D eigenvalue weighted by Gasteiger charge is -2.27. The Morgan fingerprint density at radius 1 is 1.25 bits per heavy atom. The summed E-state index contributed by atoms with van der Waals surface area (Å²) in [5.41, 5.74) is 2.37. The second-order valence-corrected chi connectivity index (χ2v) is 5.74. The molecule has 0 spiro atoms. The van der Waals surface area contributed by atoms with Crippen molar-refractivity contribution in [2.24, 2.45) is 0 Å². The fraction of sp³-hybridized carbons (Fsp3) is 0.562. The quantitative estimate of drug-likeness (QED) is 0.760. The lowest BCUT2D eigenvalue weighted by atomic mass is 9.92. The lowest BCUT2D eigenvalue weighted by Crippen LogP contribution is -2.45. The van der Waals surface area contributed by atoms with Gasteiger partial charge in [0.2, 0.25) is 5.91 Å². The maximum atomic E-state index is 11.9. The van der Waals surface area contributed by atoms with Crippen LogP contribution in [0.15, 0.2) is 24.3 Å². The van der Waals surface area contributed by atoms with Gasteiger partial charge in [-0.25, -0.2) is 0 Å². The van der Waals surface area contributed by atoms with Gasteiger partial charge in [-0.2, -0.15) is 0 Å². The molecule has 0 saturated heterocycles. The number of hydrogen-bond donors (Lipinski definition) is 2. The summed E-state index contributed by atoms with van der Waals surface area (Å²) >= 11 is 0. The van der Waals surface area contributed by atoms with Crippen LogP contribution in [0.1, 0.15) is 37.8 Å². The van der Waals surface area contributed by atoms with E-state index < -0.39 is 0 Å². The number of aryl methyl sites for hydroxylation is 1. The number of carbonyl (C=O) groups excluding carboxylic acids is 1. The van der Waals surface area contributed by atoms with E-state index in [-0.39, 0.29) is 23.9 Å². The second-order valence-electron chi connectivity index (χ2n) is 5.74. The smallest absolute Gasteiger partial charge is 0.220 e. The highest BCUT2D eigenvalue weighted by molar-refractivity contribution is 5.85. The predicted octanol–water partition coefficient (Wildman–Crippen LogP) is 2.85. The first-order chi connectivity index (χ1) is 8.94. The molecule has 0 aliphatic carbocycles. The number of benzene rings is 1. The van der Waals surface area contributed by atoms with Crippen LogP contribution in [0, 0.1) is 6.92 Å². The van der Waals surface area contributed by atoms with Crippen molar-refractivity contribution in [3.8, 4) is 0 Å². The zero-order chi connectivity index (χ0) is 14.3. The van der Waals surface area contributed by atoms with Gasteiger partial charge < -0.3 is 10.6 Å². The largest absolute Gasteiger partial charge is 0.351 e. The molecule has 0 heterocycles. The topological polar surface area (TPSA) is 41.1 Å². The molecule has 0 aromatic heterocycles. The molecule has 0 unspecified atom stereocenters. The van der Waals surface area contributed by atoms with Gasteiger partial charge in [0.05, 0.1) is 0 Å². The van der Waals surface area contributed by atoms with E-state index in [4.69, 9.17) is 0 Å². The summed E-state index contributed by atoms with van der Waals surface area (Å²) in [6, 6.07) is 8.33. The van der Waals surface area contributed by atoms with Crippen molar-refractivity contribution in [2.75, 3.05) is 13.6 Å². The third-order valence-corrected chi connectivity index (χ3v) is 3.20. The molecular weight excluding hydrogens is 272 g/mol. The molecule has 1 aromatic rings. The minimum absolute atomic E-state index is 0. The average Bonchev–Trinajstić information content (AvgIpc) is 2.31. The fourth-order valence-corrected chi connectivity index (χ4v) is 2.19. The van der Waals surface area contributed by atoms with Gasteiger partial charge >= 0.3 is 0 Å². The molecule has 4 heteroatoms. The van der Waals surface area contributed by atoms with Crippen LogP contribution in [0.25, 0.3) is 0 Å². The van der Waals surface area contributed by atoms with Crippen LogP contribution in [-0.4, -0.2) is 25.0 Å². The second kappa shape index (κ2) is 8.98. The molecule has 2 N–H and O–H groups in total. The normalized spacial score (nSPS) is 10.8. The number of rotatable bonds is 7. The average molecular weight is 299 g/mol. The Morgan fingerprint density at radius 3 is 2.50 bits per heavy atom. The van der Waals surface area contributed by atoms with Crippen LogP contribution in [0.5, 0.6) is 0 Å². The van der Waals surface area contributed by atoms with Crippen molar-refractivity contribution in [3.63, 3.8) is 0 Å². The zero-order valence-electron chi connectivity index (χ0n) is 13.0. The molecule has 1 rings (SSSR count). The van der Waals surface area contributed by atoms with Crippen LogP contribution >= 0.6 is 12.4 Å². The third kappa shape index (κ3) is 6.92. The SMILES string of the molecule is CNCCCC(=O)NC(C)(C)Cc1ccccc1C.Cl. The van der Waals surface area contributed by atoms with E-state index in [1.54, 1.807) is 0 Å². The first-order valence-corrected chi connectivity index (χ1v) is 6.95. The highest BCUT2D eigenvalue weighted by Crippen LogP contribution is 2.16. The van der Waals surface area contributed by atoms with Gasteiger partial charge in [-0.05, 0) is 58.3 Å². The molecule has 20 heavy (non-hydrogen) atoms. The monoisotopic (exact) mass is 298 g/mol. The summed E-state index contributed by atoms with van der Waals surface area (Å²) in [6.07, 6.45) is 2.32. The molecule has 0 radical (unpaired) electrons. The van der Waals surface area contributed by atoms with Gasteiger partial charge in [0, 0.05) is 12.0 Å². The van der Waals surface area contributed by atoms with E-state index >= 15 is 0 Å².